The first kappa shape index (κ1) is 27.1. The van der Waals surface area contributed by atoms with Crippen molar-refractivity contribution in [2.75, 3.05) is 13.2 Å². The molecule has 3 heteroatoms. The average molecular weight is 423 g/mol. The molecule has 0 bridgehead atoms. The van der Waals surface area contributed by atoms with Crippen molar-refractivity contribution < 1.29 is 13.9 Å². The van der Waals surface area contributed by atoms with Gasteiger partial charge in [0.25, 0.3) is 0 Å². The van der Waals surface area contributed by atoms with Crippen molar-refractivity contribution in [2.45, 2.75) is 117 Å². The summed E-state index contributed by atoms with van der Waals surface area (Å²) in [6.07, 6.45) is 16.0. The lowest BCUT2D eigenvalue weighted by Gasteiger charge is -2.37. The van der Waals surface area contributed by atoms with Gasteiger partial charge in [0.1, 0.15) is 5.82 Å². The highest BCUT2D eigenvalue weighted by molar-refractivity contribution is 5.16. The molecule has 0 aliphatic carbocycles. The number of hydrogen-bond donors (Lipinski definition) is 0. The Morgan fingerprint density at radius 2 is 1.37 bits per heavy atom. The molecule has 1 aromatic carbocycles. The predicted molar refractivity (Wildman–Crippen MR) is 126 cm³/mol. The summed E-state index contributed by atoms with van der Waals surface area (Å²) in [5.41, 5.74) is 1.11. The van der Waals surface area contributed by atoms with Gasteiger partial charge in [0.15, 0.2) is 5.79 Å². The molecule has 0 aliphatic rings. The second kappa shape index (κ2) is 16.7. The first-order chi connectivity index (χ1) is 14.6. The van der Waals surface area contributed by atoms with Gasteiger partial charge in [0.05, 0.1) is 0 Å². The quantitative estimate of drug-likeness (QED) is 0.164. The summed E-state index contributed by atoms with van der Waals surface area (Å²) in [6.45, 7) is 9.92. The van der Waals surface area contributed by atoms with Crippen LogP contribution in [0.25, 0.3) is 0 Å². The summed E-state index contributed by atoms with van der Waals surface area (Å²) in [5.74, 6) is -0.142. The van der Waals surface area contributed by atoms with Crippen LogP contribution in [0.1, 0.15) is 110 Å². The van der Waals surface area contributed by atoms with Crippen LogP contribution in [-0.2, 0) is 15.9 Å². The predicted octanol–water partition coefficient (Wildman–Crippen LogP) is 8.47. The van der Waals surface area contributed by atoms with Crippen LogP contribution < -0.4 is 0 Å². The van der Waals surface area contributed by atoms with Crippen LogP contribution in [0.4, 0.5) is 4.39 Å². The molecule has 0 amide bonds. The van der Waals surface area contributed by atoms with E-state index >= 15 is 0 Å². The highest BCUT2D eigenvalue weighted by Crippen LogP contribution is 2.33. The summed E-state index contributed by atoms with van der Waals surface area (Å²) < 4.78 is 25.5. The van der Waals surface area contributed by atoms with E-state index in [0.29, 0.717) is 19.1 Å². The van der Waals surface area contributed by atoms with Gasteiger partial charge in [-0.2, -0.15) is 0 Å². The van der Waals surface area contributed by atoms with Gasteiger partial charge < -0.3 is 9.47 Å². The molecule has 0 saturated heterocycles. The van der Waals surface area contributed by atoms with E-state index in [1.54, 1.807) is 12.1 Å². The maximum atomic E-state index is 13.3. The van der Waals surface area contributed by atoms with Crippen LogP contribution in [0.3, 0.4) is 0 Å². The van der Waals surface area contributed by atoms with Crippen molar-refractivity contribution in [1.29, 1.82) is 0 Å². The highest BCUT2D eigenvalue weighted by Gasteiger charge is 2.34. The molecular formula is C27H47FO2. The van der Waals surface area contributed by atoms with Crippen LogP contribution in [0.5, 0.6) is 0 Å². The van der Waals surface area contributed by atoms with Gasteiger partial charge in [-0.3, -0.25) is 0 Å². The van der Waals surface area contributed by atoms with Gasteiger partial charge in [0.2, 0.25) is 0 Å². The lowest BCUT2D eigenvalue weighted by Crippen LogP contribution is -2.41. The van der Waals surface area contributed by atoms with E-state index in [0.717, 1.165) is 24.8 Å². The second-order valence-corrected chi connectivity index (χ2v) is 8.72. The fourth-order valence-electron chi connectivity index (χ4n) is 4.46. The lowest BCUT2D eigenvalue weighted by molar-refractivity contribution is -0.254. The third-order valence-electron chi connectivity index (χ3n) is 6.17. The molecule has 2 nitrogen and oxygen atoms in total. The number of aryl methyl sites for hydroxylation is 1. The zero-order chi connectivity index (χ0) is 22.1. The average Bonchev–Trinajstić information content (AvgIpc) is 2.71. The van der Waals surface area contributed by atoms with Crippen LogP contribution in [-0.4, -0.2) is 19.0 Å². The molecule has 0 aromatic heterocycles. The lowest BCUT2D eigenvalue weighted by atomic mass is 9.87. The van der Waals surface area contributed by atoms with E-state index in [1.165, 1.54) is 70.3 Å². The Kier molecular flexibility index (Phi) is 15.1. The molecule has 0 aliphatic heterocycles. The highest BCUT2D eigenvalue weighted by atomic mass is 19.1. The summed E-state index contributed by atoms with van der Waals surface area (Å²) in [7, 11) is 0. The van der Waals surface area contributed by atoms with Crippen LogP contribution >= 0.6 is 0 Å². The summed E-state index contributed by atoms with van der Waals surface area (Å²) in [6, 6.07) is 7.00. The van der Waals surface area contributed by atoms with Crippen LogP contribution in [0.15, 0.2) is 24.3 Å². The monoisotopic (exact) mass is 422 g/mol. The van der Waals surface area contributed by atoms with Gasteiger partial charge >= 0.3 is 0 Å². The molecular weight excluding hydrogens is 375 g/mol. The van der Waals surface area contributed by atoms with Crippen molar-refractivity contribution in [3.8, 4) is 0 Å². The number of hydrogen-bond acceptors (Lipinski definition) is 2. The van der Waals surface area contributed by atoms with Crippen molar-refractivity contribution in [2.24, 2.45) is 5.92 Å². The van der Waals surface area contributed by atoms with E-state index < -0.39 is 5.79 Å². The molecule has 0 radical (unpaired) electrons. The maximum absolute atomic E-state index is 13.3. The third-order valence-corrected chi connectivity index (χ3v) is 6.17. The van der Waals surface area contributed by atoms with Crippen molar-refractivity contribution in [3.05, 3.63) is 35.6 Å². The Bertz CT molecular complexity index is 525. The summed E-state index contributed by atoms with van der Waals surface area (Å²) in [4.78, 5) is 0. The Labute approximate surface area is 185 Å². The van der Waals surface area contributed by atoms with E-state index in [9.17, 15) is 4.39 Å². The summed E-state index contributed by atoms with van der Waals surface area (Å²) in [5, 5.41) is 0. The number of unbranched alkanes of at least 4 members (excludes halogenated alkanes) is 8. The molecule has 1 aromatic rings. The number of ether oxygens (including phenoxy) is 2. The van der Waals surface area contributed by atoms with Crippen LogP contribution in [0, 0.1) is 11.7 Å². The van der Waals surface area contributed by atoms with Gasteiger partial charge in [-0.05, 0) is 64.2 Å². The van der Waals surface area contributed by atoms with E-state index in [2.05, 4.69) is 27.7 Å². The Balaban J connectivity index is 2.41. The molecule has 0 fully saturated rings. The zero-order valence-electron chi connectivity index (χ0n) is 20.2. The Morgan fingerprint density at radius 1 is 0.800 bits per heavy atom. The third kappa shape index (κ3) is 11.5. The SMILES string of the molecule is CCCCCCCCC(CCCCCCc1cccc(F)c1)C(C)(OCC)OCC. The molecule has 1 atom stereocenters. The Morgan fingerprint density at radius 3 is 1.93 bits per heavy atom. The largest absolute Gasteiger partial charge is 0.350 e. The van der Waals surface area contributed by atoms with Crippen molar-refractivity contribution >= 4 is 0 Å². The fraction of sp³-hybridized carbons (Fsp3) is 0.778. The second-order valence-electron chi connectivity index (χ2n) is 8.72. The van der Waals surface area contributed by atoms with Crippen molar-refractivity contribution in [3.63, 3.8) is 0 Å². The zero-order valence-corrected chi connectivity index (χ0v) is 20.2. The van der Waals surface area contributed by atoms with Crippen molar-refractivity contribution in [1.82, 2.24) is 0 Å². The fourth-order valence-corrected chi connectivity index (χ4v) is 4.46. The molecule has 174 valence electrons. The topological polar surface area (TPSA) is 18.5 Å². The molecule has 0 N–H and O–H groups in total. The molecule has 0 spiro atoms. The van der Waals surface area contributed by atoms with Gasteiger partial charge in [-0.15, -0.1) is 0 Å². The normalized spacial score (nSPS) is 13.0. The van der Waals surface area contributed by atoms with Gasteiger partial charge in [-0.25, -0.2) is 4.39 Å². The minimum atomic E-state index is -0.464. The molecule has 30 heavy (non-hydrogen) atoms. The smallest absolute Gasteiger partial charge is 0.168 e. The minimum absolute atomic E-state index is 0.129. The van der Waals surface area contributed by atoms with Gasteiger partial charge in [0, 0.05) is 19.1 Å². The van der Waals surface area contributed by atoms with E-state index in [4.69, 9.17) is 9.47 Å². The maximum Gasteiger partial charge on any atom is 0.168 e. The number of halogens is 1. The molecule has 0 saturated carbocycles. The number of rotatable bonds is 19. The summed E-state index contributed by atoms with van der Waals surface area (Å²) >= 11 is 0. The van der Waals surface area contributed by atoms with E-state index in [1.807, 2.05) is 6.07 Å². The Hall–Kier alpha value is -0.930. The number of benzene rings is 1. The molecule has 0 heterocycles. The van der Waals surface area contributed by atoms with Crippen LogP contribution in [0.2, 0.25) is 0 Å². The molecule has 1 rings (SSSR count). The standard InChI is InChI=1S/C27H47FO2/c1-5-8-9-10-11-15-20-25(27(4,29-6-2)30-7-3)21-16-13-12-14-18-24-19-17-22-26(28)23-24/h17,19,22-23,25H,5-16,18,20-21H2,1-4H3. The first-order valence-electron chi connectivity index (χ1n) is 12.6. The minimum Gasteiger partial charge on any atom is -0.350 e. The molecule has 1 unspecified atom stereocenters. The van der Waals surface area contributed by atoms with Gasteiger partial charge in [-0.1, -0.05) is 76.8 Å². The van der Waals surface area contributed by atoms with E-state index in [-0.39, 0.29) is 5.82 Å². The first-order valence-corrected chi connectivity index (χ1v) is 12.6.